The van der Waals surface area contributed by atoms with E-state index in [1.165, 1.54) is 11.0 Å². The molecule has 1 unspecified atom stereocenters. The lowest BCUT2D eigenvalue weighted by Crippen LogP contribution is -2.56. The molecule has 0 aromatic heterocycles. The van der Waals surface area contributed by atoms with Crippen molar-refractivity contribution in [2.75, 3.05) is 26.3 Å². The van der Waals surface area contributed by atoms with Crippen LogP contribution in [0, 0.1) is 11.3 Å². The van der Waals surface area contributed by atoms with Crippen LogP contribution in [0.5, 0.6) is 0 Å². The summed E-state index contributed by atoms with van der Waals surface area (Å²) < 4.78 is 45.5. The molecule has 2 rings (SSSR count). The highest BCUT2D eigenvalue weighted by molar-refractivity contribution is 5.87. The molecule has 0 aromatic carbocycles. The summed E-state index contributed by atoms with van der Waals surface area (Å²) in [5.74, 6) is -1.63. The number of hydrogen-bond acceptors (Lipinski definition) is 3. The molecule has 2 aliphatic rings. The first kappa shape index (κ1) is 18.3. The van der Waals surface area contributed by atoms with Gasteiger partial charge in [-0.15, -0.1) is 0 Å². The summed E-state index contributed by atoms with van der Waals surface area (Å²) in [5, 5.41) is 0. The molecule has 0 aliphatic carbocycles. The van der Waals surface area contributed by atoms with Crippen LogP contribution >= 0.6 is 0 Å². The fourth-order valence-corrected chi connectivity index (χ4v) is 3.54. The highest BCUT2D eigenvalue weighted by Crippen LogP contribution is 2.50. The monoisotopic (exact) mass is 334 g/mol. The van der Waals surface area contributed by atoms with Crippen molar-refractivity contribution in [3.8, 4) is 0 Å². The number of carbonyl (C=O) groups excluding carboxylic acids is 1. The fraction of sp³-hybridized carbons (Fsp3) is 0.812. The van der Waals surface area contributed by atoms with Gasteiger partial charge in [-0.1, -0.05) is 6.08 Å². The lowest BCUT2D eigenvalue weighted by Gasteiger charge is -2.50. The van der Waals surface area contributed by atoms with Crippen molar-refractivity contribution in [3.63, 3.8) is 0 Å². The van der Waals surface area contributed by atoms with Crippen molar-refractivity contribution in [3.05, 3.63) is 12.2 Å². The van der Waals surface area contributed by atoms with Gasteiger partial charge in [-0.25, -0.2) is 0 Å². The van der Waals surface area contributed by atoms with Gasteiger partial charge in [0.25, 0.3) is 0 Å². The minimum Gasteiger partial charge on any atom is -0.381 e. The normalized spacial score (nSPS) is 26.0. The standard InChI is InChI=1S/C16H25F3N2O2/c1-14(2,20)5-3-13(22)21-8-4-12(16(17,18)19)15(11-21)6-9-23-10-7-15/h3,5,12H,4,6-11,20H2,1-2H3/b5-3+. The number of rotatable bonds is 2. The van der Waals surface area contributed by atoms with Gasteiger partial charge < -0.3 is 15.4 Å². The van der Waals surface area contributed by atoms with Crippen molar-refractivity contribution in [2.45, 2.75) is 44.8 Å². The number of halogens is 3. The van der Waals surface area contributed by atoms with E-state index in [4.69, 9.17) is 10.5 Å². The summed E-state index contributed by atoms with van der Waals surface area (Å²) in [6.07, 6.45) is -0.639. The van der Waals surface area contributed by atoms with E-state index in [1.54, 1.807) is 19.9 Å². The SMILES string of the molecule is CC(C)(N)/C=C/C(=O)N1CCC(C(F)(F)F)C2(CCOCC2)C1. The van der Waals surface area contributed by atoms with E-state index < -0.39 is 23.0 Å². The predicted molar refractivity (Wildman–Crippen MR) is 80.6 cm³/mol. The molecule has 0 saturated carbocycles. The average Bonchev–Trinajstić information content (AvgIpc) is 2.43. The quantitative estimate of drug-likeness (QED) is 0.790. The Kier molecular flexibility index (Phi) is 5.11. The van der Waals surface area contributed by atoms with Crippen LogP contribution in [0.15, 0.2) is 12.2 Å². The van der Waals surface area contributed by atoms with Crippen molar-refractivity contribution in [1.29, 1.82) is 0 Å². The van der Waals surface area contributed by atoms with E-state index in [0.717, 1.165) is 0 Å². The molecule has 132 valence electrons. The van der Waals surface area contributed by atoms with E-state index in [-0.39, 0.29) is 25.4 Å². The molecular weight excluding hydrogens is 309 g/mol. The average molecular weight is 334 g/mol. The minimum absolute atomic E-state index is 0.0465. The van der Waals surface area contributed by atoms with Gasteiger partial charge in [0.15, 0.2) is 0 Å². The van der Waals surface area contributed by atoms with Gasteiger partial charge >= 0.3 is 6.18 Å². The second kappa shape index (κ2) is 6.43. The topological polar surface area (TPSA) is 55.6 Å². The molecule has 2 saturated heterocycles. The molecule has 1 spiro atoms. The molecule has 0 aromatic rings. The Morgan fingerprint density at radius 1 is 1.30 bits per heavy atom. The maximum Gasteiger partial charge on any atom is 0.392 e. The molecule has 2 aliphatic heterocycles. The largest absolute Gasteiger partial charge is 0.392 e. The van der Waals surface area contributed by atoms with Gasteiger partial charge in [-0.2, -0.15) is 13.2 Å². The van der Waals surface area contributed by atoms with E-state index in [0.29, 0.717) is 26.1 Å². The second-order valence-corrected chi connectivity index (χ2v) is 7.27. The number of nitrogens with two attached hydrogens (primary N) is 1. The van der Waals surface area contributed by atoms with E-state index >= 15 is 0 Å². The van der Waals surface area contributed by atoms with Gasteiger partial charge in [0.1, 0.15) is 0 Å². The summed E-state index contributed by atoms with van der Waals surface area (Å²) in [6, 6.07) is 0. The number of alkyl halides is 3. The zero-order valence-electron chi connectivity index (χ0n) is 13.7. The summed E-state index contributed by atoms with van der Waals surface area (Å²) in [5.41, 5.74) is 4.26. The number of amides is 1. The third-order valence-electron chi connectivity index (χ3n) is 4.78. The maximum absolute atomic E-state index is 13.4. The van der Waals surface area contributed by atoms with Crippen LogP contribution in [-0.4, -0.2) is 48.8 Å². The number of piperidine rings is 1. The Morgan fingerprint density at radius 3 is 2.43 bits per heavy atom. The Hall–Kier alpha value is -1.08. The Balaban J connectivity index is 2.16. The van der Waals surface area contributed by atoms with Crippen LogP contribution in [0.3, 0.4) is 0 Å². The summed E-state index contributed by atoms with van der Waals surface area (Å²) in [6.45, 7) is 4.41. The van der Waals surface area contributed by atoms with Crippen molar-refractivity contribution >= 4 is 5.91 Å². The first-order valence-corrected chi connectivity index (χ1v) is 7.95. The molecule has 1 atom stereocenters. The molecular formula is C16H25F3N2O2. The summed E-state index contributed by atoms with van der Waals surface area (Å²) in [7, 11) is 0. The third-order valence-corrected chi connectivity index (χ3v) is 4.78. The molecule has 2 fully saturated rings. The van der Waals surface area contributed by atoms with Gasteiger partial charge in [-0.05, 0) is 33.1 Å². The van der Waals surface area contributed by atoms with Crippen LogP contribution < -0.4 is 5.73 Å². The third kappa shape index (κ3) is 4.47. The molecule has 2 heterocycles. The molecule has 23 heavy (non-hydrogen) atoms. The van der Waals surface area contributed by atoms with Crippen LogP contribution in [0.25, 0.3) is 0 Å². The molecule has 0 bridgehead atoms. The molecule has 1 amide bonds. The Morgan fingerprint density at radius 2 is 1.91 bits per heavy atom. The highest BCUT2D eigenvalue weighted by Gasteiger charge is 2.56. The number of hydrogen-bond donors (Lipinski definition) is 1. The smallest absolute Gasteiger partial charge is 0.381 e. The lowest BCUT2D eigenvalue weighted by molar-refractivity contribution is -0.234. The first-order valence-electron chi connectivity index (χ1n) is 7.95. The Labute approximate surface area is 134 Å². The predicted octanol–water partition coefficient (Wildman–Crippen LogP) is 2.49. The van der Waals surface area contributed by atoms with Crippen LogP contribution in [0.4, 0.5) is 13.2 Å². The number of carbonyl (C=O) groups is 1. The fourth-order valence-electron chi connectivity index (χ4n) is 3.54. The number of nitrogens with zero attached hydrogens (tertiary/aromatic N) is 1. The molecule has 7 heteroatoms. The van der Waals surface area contributed by atoms with Gasteiger partial charge in [0, 0.05) is 43.3 Å². The van der Waals surface area contributed by atoms with Crippen molar-refractivity contribution in [2.24, 2.45) is 17.1 Å². The number of ether oxygens (including phenoxy) is 1. The van der Waals surface area contributed by atoms with Crippen molar-refractivity contribution in [1.82, 2.24) is 4.90 Å². The van der Waals surface area contributed by atoms with E-state index in [2.05, 4.69) is 0 Å². The second-order valence-electron chi connectivity index (χ2n) is 7.27. The summed E-state index contributed by atoms with van der Waals surface area (Å²) in [4.78, 5) is 13.8. The van der Waals surface area contributed by atoms with Crippen molar-refractivity contribution < 1.29 is 22.7 Å². The maximum atomic E-state index is 13.4. The van der Waals surface area contributed by atoms with Crippen LogP contribution in [0.1, 0.15) is 33.1 Å². The van der Waals surface area contributed by atoms with Crippen LogP contribution in [0.2, 0.25) is 0 Å². The Bertz CT molecular complexity index is 463. The number of likely N-dealkylation sites (tertiary alicyclic amines) is 1. The molecule has 0 radical (unpaired) electrons. The minimum atomic E-state index is -4.23. The van der Waals surface area contributed by atoms with Gasteiger partial charge in [0.2, 0.25) is 5.91 Å². The summed E-state index contributed by atoms with van der Waals surface area (Å²) >= 11 is 0. The highest BCUT2D eigenvalue weighted by atomic mass is 19.4. The van der Waals surface area contributed by atoms with Gasteiger partial charge in [0.05, 0.1) is 5.92 Å². The molecule has 4 nitrogen and oxygen atoms in total. The van der Waals surface area contributed by atoms with E-state index in [1.807, 2.05) is 0 Å². The van der Waals surface area contributed by atoms with Crippen LogP contribution in [-0.2, 0) is 9.53 Å². The molecule has 2 N–H and O–H groups in total. The zero-order valence-corrected chi connectivity index (χ0v) is 13.7. The van der Waals surface area contributed by atoms with E-state index in [9.17, 15) is 18.0 Å². The first-order chi connectivity index (χ1) is 10.5. The zero-order chi connectivity index (χ0) is 17.3. The van der Waals surface area contributed by atoms with Gasteiger partial charge in [-0.3, -0.25) is 4.79 Å². The lowest BCUT2D eigenvalue weighted by atomic mass is 9.65.